The molecule has 1 aliphatic heterocycles. The van der Waals surface area contributed by atoms with Crippen LogP contribution in [0, 0.1) is 6.92 Å². The smallest absolute Gasteiger partial charge is 0.305 e. The summed E-state index contributed by atoms with van der Waals surface area (Å²) in [5, 5.41) is 12.9. The molecular formula is C16H18N2O5S. The van der Waals surface area contributed by atoms with Crippen molar-refractivity contribution in [2.45, 2.75) is 25.8 Å². The highest BCUT2D eigenvalue weighted by atomic mass is 32.1. The molecule has 128 valence electrons. The molecule has 3 heterocycles. The van der Waals surface area contributed by atoms with Crippen molar-refractivity contribution in [2.75, 3.05) is 19.8 Å². The van der Waals surface area contributed by atoms with E-state index in [1.54, 1.807) is 23.2 Å². The minimum Gasteiger partial charge on any atom is -0.481 e. The number of morpholine rings is 1. The topological polar surface area (TPSA) is 92.9 Å². The Morgan fingerprint density at radius 1 is 1.50 bits per heavy atom. The van der Waals surface area contributed by atoms with Crippen LogP contribution in [0.3, 0.4) is 0 Å². The third-order valence-electron chi connectivity index (χ3n) is 3.94. The molecule has 2 aromatic rings. The average molecular weight is 350 g/mol. The zero-order valence-electron chi connectivity index (χ0n) is 13.2. The highest BCUT2D eigenvalue weighted by Gasteiger charge is 2.30. The second kappa shape index (κ2) is 7.14. The molecule has 0 spiro atoms. The second-order valence-corrected chi connectivity index (χ2v) is 6.40. The van der Waals surface area contributed by atoms with Gasteiger partial charge in [-0.25, -0.2) is 4.98 Å². The van der Waals surface area contributed by atoms with E-state index in [0.29, 0.717) is 30.5 Å². The van der Waals surface area contributed by atoms with E-state index in [2.05, 4.69) is 4.98 Å². The lowest BCUT2D eigenvalue weighted by Gasteiger charge is -2.34. The van der Waals surface area contributed by atoms with Gasteiger partial charge in [-0.1, -0.05) is 0 Å². The fourth-order valence-corrected chi connectivity index (χ4v) is 3.33. The van der Waals surface area contributed by atoms with Crippen LogP contribution >= 0.6 is 11.3 Å². The predicted molar refractivity (Wildman–Crippen MR) is 86.8 cm³/mol. The zero-order valence-corrected chi connectivity index (χ0v) is 14.0. The summed E-state index contributed by atoms with van der Waals surface area (Å²) in [5.41, 5.74) is 1.47. The number of hydrogen-bond acceptors (Lipinski definition) is 6. The molecule has 24 heavy (non-hydrogen) atoms. The average Bonchev–Trinajstić information content (AvgIpc) is 3.17. The number of oxazole rings is 1. The molecule has 1 unspecified atom stereocenters. The first-order chi connectivity index (χ1) is 11.5. The van der Waals surface area contributed by atoms with Gasteiger partial charge in [0.2, 0.25) is 11.8 Å². The van der Waals surface area contributed by atoms with Crippen LogP contribution in [-0.2, 0) is 20.7 Å². The maximum Gasteiger partial charge on any atom is 0.305 e. The summed E-state index contributed by atoms with van der Waals surface area (Å²) in [6.45, 7) is 2.83. The van der Waals surface area contributed by atoms with Gasteiger partial charge in [0.25, 0.3) is 0 Å². The number of ether oxygens (including phenoxy) is 1. The van der Waals surface area contributed by atoms with Crippen LogP contribution in [0.1, 0.15) is 17.9 Å². The molecule has 1 aliphatic rings. The third kappa shape index (κ3) is 3.65. The van der Waals surface area contributed by atoms with Gasteiger partial charge in [0.15, 0.2) is 0 Å². The molecule has 8 heteroatoms. The lowest BCUT2D eigenvalue weighted by atomic mass is 10.1. The van der Waals surface area contributed by atoms with Crippen LogP contribution in [0.2, 0.25) is 0 Å². The first-order valence-corrected chi connectivity index (χ1v) is 8.56. The van der Waals surface area contributed by atoms with Crippen molar-refractivity contribution in [3.05, 3.63) is 28.3 Å². The first kappa shape index (κ1) is 16.7. The fraction of sp³-hybridized carbons (Fsp3) is 0.438. The zero-order chi connectivity index (χ0) is 17.1. The standard InChI is InChI=1S/C16H18N2O5S/c1-10-13(17-16(23-10)11-2-5-24-9-11)7-14(19)18-3-4-22-8-12(18)6-15(20)21/h2,5,9,12H,3-4,6-8H2,1H3,(H,20,21). The monoisotopic (exact) mass is 350 g/mol. The van der Waals surface area contributed by atoms with E-state index in [9.17, 15) is 9.59 Å². The predicted octanol–water partition coefficient (Wildman–Crippen LogP) is 1.96. The van der Waals surface area contributed by atoms with Gasteiger partial charge in [-0.3, -0.25) is 9.59 Å². The third-order valence-corrected chi connectivity index (χ3v) is 4.62. The van der Waals surface area contributed by atoms with Gasteiger partial charge >= 0.3 is 5.97 Å². The molecule has 0 aromatic carbocycles. The lowest BCUT2D eigenvalue weighted by molar-refractivity contribution is -0.145. The van der Waals surface area contributed by atoms with Gasteiger partial charge < -0.3 is 19.2 Å². The number of amides is 1. The molecule has 3 rings (SSSR count). The van der Waals surface area contributed by atoms with E-state index in [0.717, 1.165) is 5.56 Å². The van der Waals surface area contributed by atoms with Crippen LogP contribution < -0.4 is 0 Å². The van der Waals surface area contributed by atoms with E-state index in [-0.39, 0.29) is 25.4 Å². The quantitative estimate of drug-likeness (QED) is 0.886. The normalized spacial score (nSPS) is 17.9. The molecule has 7 nitrogen and oxygen atoms in total. The van der Waals surface area contributed by atoms with Crippen molar-refractivity contribution in [3.63, 3.8) is 0 Å². The van der Waals surface area contributed by atoms with Gasteiger partial charge in [0.05, 0.1) is 37.8 Å². The van der Waals surface area contributed by atoms with Crippen LogP contribution in [0.5, 0.6) is 0 Å². The second-order valence-electron chi connectivity index (χ2n) is 5.62. The SMILES string of the molecule is Cc1oc(-c2ccsc2)nc1CC(=O)N1CCOCC1CC(=O)O. The Morgan fingerprint density at radius 2 is 2.33 bits per heavy atom. The van der Waals surface area contributed by atoms with E-state index in [4.69, 9.17) is 14.3 Å². The molecule has 1 atom stereocenters. The number of carboxylic acid groups (broad SMARTS) is 1. The summed E-state index contributed by atoms with van der Waals surface area (Å²) in [6, 6.07) is 1.47. The lowest BCUT2D eigenvalue weighted by Crippen LogP contribution is -2.50. The van der Waals surface area contributed by atoms with Gasteiger partial charge in [0.1, 0.15) is 5.76 Å². The molecule has 0 radical (unpaired) electrons. The number of hydrogen-bond donors (Lipinski definition) is 1. The number of carbonyl (C=O) groups is 2. The number of carboxylic acids is 1. The van der Waals surface area contributed by atoms with Crippen LogP contribution in [-0.4, -0.2) is 52.7 Å². The van der Waals surface area contributed by atoms with Crippen molar-refractivity contribution in [2.24, 2.45) is 0 Å². The molecule has 0 aliphatic carbocycles. The molecular weight excluding hydrogens is 332 g/mol. The minimum absolute atomic E-state index is 0.0928. The molecule has 1 saturated heterocycles. The maximum absolute atomic E-state index is 12.6. The van der Waals surface area contributed by atoms with Gasteiger partial charge in [0, 0.05) is 17.5 Å². The van der Waals surface area contributed by atoms with E-state index >= 15 is 0 Å². The summed E-state index contributed by atoms with van der Waals surface area (Å²) in [6.07, 6.45) is -0.0285. The number of nitrogens with zero attached hydrogens (tertiary/aromatic N) is 2. The molecule has 1 fully saturated rings. The largest absolute Gasteiger partial charge is 0.481 e. The van der Waals surface area contributed by atoms with Gasteiger partial charge in [-0.15, -0.1) is 0 Å². The highest BCUT2D eigenvalue weighted by Crippen LogP contribution is 2.24. The molecule has 1 amide bonds. The summed E-state index contributed by atoms with van der Waals surface area (Å²) in [7, 11) is 0. The van der Waals surface area contributed by atoms with Gasteiger partial charge in [-0.05, 0) is 18.4 Å². The van der Waals surface area contributed by atoms with Crippen molar-refractivity contribution in [1.82, 2.24) is 9.88 Å². The van der Waals surface area contributed by atoms with Crippen molar-refractivity contribution >= 4 is 23.2 Å². The minimum atomic E-state index is -0.944. The number of carbonyl (C=O) groups excluding carboxylic acids is 1. The number of aromatic nitrogens is 1. The molecule has 0 saturated carbocycles. The Bertz CT molecular complexity index is 725. The van der Waals surface area contributed by atoms with Crippen LogP contribution in [0.4, 0.5) is 0 Å². The Labute approximate surface area is 142 Å². The van der Waals surface area contributed by atoms with Crippen molar-refractivity contribution in [1.29, 1.82) is 0 Å². The maximum atomic E-state index is 12.6. The summed E-state index contributed by atoms with van der Waals surface area (Å²) < 4.78 is 10.9. The Balaban J connectivity index is 1.73. The fourth-order valence-electron chi connectivity index (χ4n) is 2.70. The first-order valence-electron chi connectivity index (χ1n) is 7.62. The van der Waals surface area contributed by atoms with E-state index < -0.39 is 12.0 Å². The number of aliphatic carboxylic acids is 1. The highest BCUT2D eigenvalue weighted by molar-refractivity contribution is 7.08. The van der Waals surface area contributed by atoms with Crippen molar-refractivity contribution < 1.29 is 23.8 Å². The molecule has 2 aromatic heterocycles. The number of thiophene rings is 1. The Kier molecular flexibility index (Phi) is 4.96. The molecule has 0 bridgehead atoms. The van der Waals surface area contributed by atoms with Gasteiger partial charge in [-0.2, -0.15) is 11.3 Å². The number of aryl methyl sites for hydroxylation is 1. The summed E-state index contributed by atoms with van der Waals surface area (Å²) in [4.78, 5) is 29.6. The Hall–Kier alpha value is -2.19. The Morgan fingerprint density at radius 3 is 3.04 bits per heavy atom. The summed E-state index contributed by atoms with van der Waals surface area (Å²) >= 11 is 1.55. The summed E-state index contributed by atoms with van der Waals surface area (Å²) in [5.74, 6) is 0.00619. The number of rotatable bonds is 5. The van der Waals surface area contributed by atoms with Crippen LogP contribution in [0.25, 0.3) is 11.5 Å². The van der Waals surface area contributed by atoms with Crippen LogP contribution in [0.15, 0.2) is 21.2 Å². The molecule has 1 N–H and O–H groups in total. The van der Waals surface area contributed by atoms with Crippen molar-refractivity contribution in [3.8, 4) is 11.5 Å². The van der Waals surface area contributed by atoms with E-state index in [1.165, 1.54) is 0 Å². The van der Waals surface area contributed by atoms with E-state index in [1.807, 2.05) is 16.8 Å².